The molecule has 3 aromatic rings. The molecule has 0 radical (unpaired) electrons. The summed E-state index contributed by atoms with van der Waals surface area (Å²) in [5, 5.41) is 12.2. The number of carbonyl (C=O) groups excluding carboxylic acids is 1. The van der Waals surface area contributed by atoms with Crippen LogP contribution in [0.4, 0.5) is 5.69 Å². The number of hydrogen-bond donors (Lipinski definition) is 1. The first kappa shape index (κ1) is 20.2. The largest absolute Gasteiger partial charge is 0.461 e. The van der Waals surface area contributed by atoms with Crippen LogP contribution in [0.2, 0.25) is 0 Å². The lowest BCUT2D eigenvalue weighted by Crippen LogP contribution is -2.34. The zero-order chi connectivity index (χ0) is 20.3. The molecule has 6 nitrogen and oxygen atoms in total. The van der Waals surface area contributed by atoms with Crippen LogP contribution in [0.3, 0.4) is 0 Å². The molecule has 148 valence electrons. The third-order valence-corrected chi connectivity index (χ3v) is 5.68. The van der Waals surface area contributed by atoms with E-state index < -0.39 is 4.75 Å². The Morgan fingerprint density at radius 3 is 2.50 bits per heavy atom. The maximum Gasteiger partial charge on any atom is 0.240 e. The normalized spacial score (nSPS) is 11.8. The number of rotatable bonds is 7. The van der Waals surface area contributed by atoms with Gasteiger partial charge in [-0.25, -0.2) is 0 Å². The average molecular weight is 399 g/mol. The molecule has 1 aromatic carbocycles. The summed E-state index contributed by atoms with van der Waals surface area (Å²) < 4.78 is 6.68. The molecule has 0 saturated carbocycles. The van der Waals surface area contributed by atoms with Gasteiger partial charge in [0.1, 0.15) is 0 Å². The van der Waals surface area contributed by atoms with E-state index in [1.165, 1.54) is 17.3 Å². The molecule has 3 rings (SSSR count). The van der Waals surface area contributed by atoms with Crippen LogP contribution >= 0.6 is 11.8 Å². The smallest absolute Gasteiger partial charge is 0.240 e. The maximum absolute atomic E-state index is 12.9. The number of nitrogens with zero attached hydrogens (tertiary/aromatic N) is 3. The van der Waals surface area contributed by atoms with Crippen LogP contribution < -0.4 is 5.32 Å². The maximum atomic E-state index is 12.9. The molecule has 0 fully saturated rings. The topological polar surface area (TPSA) is 73.0 Å². The van der Waals surface area contributed by atoms with E-state index in [2.05, 4.69) is 29.4 Å². The first-order valence-corrected chi connectivity index (χ1v) is 10.2. The molecular formula is C21H26N4O2S. The Hall–Kier alpha value is -2.54. The standard InChI is InChI=1S/C21H26N4O2S/c1-6-25-18(17-8-7-13-27-17)23-24-20(25)28-21(4,5)19(26)22-16-11-9-15(10-12-16)14(2)3/h7-14H,6H2,1-5H3,(H,22,26). The van der Waals surface area contributed by atoms with Crippen LogP contribution in [0.1, 0.15) is 46.1 Å². The molecule has 1 N–H and O–H groups in total. The molecule has 0 unspecified atom stereocenters. The minimum absolute atomic E-state index is 0.0833. The van der Waals surface area contributed by atoms with Crippen molar-refractivity contribution < 1.29 is 9.21 Å². The van der Waals surface area contributed by atoms with Crippen LogP contribution in [0, 0.1) is 0 Å². The van der Waals surface area contributed by atoms with Crippen LogP contribution in [-0.2, 0) is 11.3 Å². The summed E-state index contributed by atoms with van der Waals surface area (Å²) in [7, 11) is 0. The summed E-state index contributed by atoms with van der Waals surface area (Å²) in [6.45, 7) is 10.8. The van der Waals surface area contributed by atoms with E-state index in [1.54, 1.807) is 6.26 Å². The molecule has 0 aliphatic rings. The van der Waals surface area contributed by atoms with E-state index in [1.807, 2.05) is 61.7 Å². The highest BCUT2D eigenvalue weighted by Gasteiger charge is 2.32. The minimum Gasteiger partial charge on any atom is -0.461 e. The summed E-state index contributed by atoms with van der Waals surface area (Å²) in [6, 6.07) is 11.6. The van der Waals surface area contributed by atoms with Gasteiger partial charge in [-0.3, -0.25) is 9.36 Å². The number of furan rings is 1. The highest BCUT2D eigenvalue weighted by molar-refractivity contribution is 8.01. The predicted molar refractivity (Wildman–Crippen MR) is 112 cm³/mol. The lowest BCUT2D eigenvalue weighted by molar-refractivity contribution is -0.117. The molecule has 1 amide bonds. The fraction of sp³-hybridized carbons (Fsp3) is 0.381. The number of amides is 1. The van der Waals surface area contributed by atoms with E-state index in [0.717, 1.165) is 5.69 Å². The van der Waals surface area contributed by atoms with Crippen molar-refractivity contribution >= 4 is 23.4 Å². The molecule has 2 aromatic heterocycles. The Bertz CT molecular complexity index is 928. The molecule has 0 atom stereocenters. The van der Waals surface area contributed by atoms with Gasteiger partial charge in [0.2, 0.25) is 5.91 Å². The van der Waals surface area contributed by atoms with Crippen LogP contribution in [0.5, 0.6) is 0 Å². The number of carbonyl (C=O) groups is 1. The van der Waals surface area contributed by atoms with Crippen molar-refractivity contribution in [3.63, 3.8) is 0 Å². The van der Waals surface area contributed by atoms with Crippen molar-refractivity contribution in [3.05, 3.63) is 48.2 Å². The highest BCUT2D eigenvalue weighted by Crippen LogP contribution is 2.34. The quantitative estimate of drug-likeness (QED) is 0.554. The van der Waals surface area contributed by atoms with E-state index in [4.69, 9.17) is 4.42 Å². The van der Waals surface area contributed by atoms with Gasteiger partial charge in [0.05, 0.1) is 11.0 Å². The zero-order valence-electron chi connectivity index (χ0n) is 16.9. The van der Waals surface area contributed by atoms with E-state index in [-0.39, 0.29) is 5.91 Å². The number of benzene rings is 1. The van der Waals surface area contributed by atoms with Crippen molar-refractivity contribution in [2.75, 3.05) is 5.32 Å². The Labute approximate surface area is 169 Å². The van der Waals surface area contributed by atoms with Crippen molar-refractivity contribution in [1.82, 2.24) is 14.8 Å². The van der Waals surface area contributed by atoms with Crippen molar-refractivity contribution in [2.45, 2.75) is 57.0 Å². The molecule has 0 saturated heterocycles. The number of hydrogen-bond acceptors (Lipinski definition) is 5. The average Bonchev–Trinajstić information content (AvgIpc) is 3.31. The molecule has 0 aliphatic heterocycles. The highest BCUT2D eigenvalue weighted by atomic mass is 32.2. The summed E-state index contributed by atoms with van der Waals surface area (Å²) in [5.74, 6) is 1.70. The Kier molecular flexibility index (Phi) is 5.93. The second-order valence-electron chi connectivity index (χ2n) is 7.37. The number of nitrogens with one attached hydrogen (secondary N) is 1. The molecule has 7 heteroatoms. The monoisotopic (exact) mass is 398 g/mol. The van der Waals surface area contributed by atoms with Gasteiger partial charge in [-0.05, 0) is 56.5 Å². The van der Waals surface area contributed by atoms with Gasteiger partial charge in [0.25, 0.3) is 0 Å². The molecule has 0 aliphatic carbocycles. The van der Waals surface area contributed by atoms with Crippen LogP contribution in [0.15, 0.2) is 52.2 Å². The van der Waals surface area contributed by atoms with Gasteiger partial charge >= 0.3 is 0 Å². The van der Waals surface area contributed by atoms with Gasteiger partial charge in [-0.1, -0.05) is 37.7 Å². The van der Waals surface area contributed by atoms with E-state index in [0.29, 0.717) is 29.2 Å². The van der Waals surface area contributed by atoms with Crippen molar-refractivity contribution in [1.29, 1.82) is 0 Å². The Morgan fingerprint density at radius 1 is 1.21 bits per heavy atom. The third-order valence-electron chi connectivity index (χ3n) is 4.50. The minimum atomic E-state index is -0.725. The third kappa shape index (κ3) is 4.30. The van der Waals surface area contributed by atoms with E-state index >= 15 is 0 Å². The second kappa shape index (κ2) is 8.22. The predicted octanol–water partition coefficient (Wildman–Crippen LogP) is 5.19. The van der Waals surface area contributed by atoms with Crippen molar-refractivity contribution in [2.24, 2.45) is 0 Å². The molecule has 0 spiro atoms. The molecule has 28 heavy (non-hydrogen) atoms. The Balaban J connectivity index is 1.75. The summed E-state index contributed by atoms with van der Waals surface area (Å²) in [6.07, 6.45) is 1.61. The molecule has 0 bridgehead atoms. The fourth-order valence-corrected chi connectivity index (χ4v) is 3.75. The zero-order valence-corrected chi connectivity index (χ0v) is 17.7. The lowest BCUT2D eigenvalue weighted by Gasteiger charge is -2.22. The molecule has 2 heterocycles. The van der Waals surface area contributed by atoms with Crippen LogP contribution in [0.25, 0.3) is 11.6 Å². The fourth-order valence-electron chi connectivity index (χ4n) is 2.74. The van der Waals surface area contributed by atoms with Gasteiger partial charge in [0, 0.05) is 12.2 Å². The van der Waals surface area contributed by atoms with Gasteiger partial charge < -0.3 is 9.73 Å². The molecular weight excluding hydrogens is 372 g/mol. The second-order valence-corrected chi connectivity index (χ2v) is 8.96. The van der Waals surface area contributed by atoms with E-state index in [9.17, 15) is 4.79 Å². The summed E-state index contributed by atoms with van der Waals surface area (Å²) in [4.78, 5) is 12.9. The number of aromatic nitrogens is 3. The summed E-state index contributed by atoms with van der Waals surface area (Å²) >= 11 is 1.39. The van der Waals surface area contributed by atoms with Crippen molar-refractivity contribution in [3.8, 4) is 11.6 Å². The van der Waals surface area contributed by atoms with Gasteiger partial charge in [-0.15, -0.1) is 10.2 Å². The summed E-state index contributed by atoms with van der Waals surface area (Å²) in [5.41, 5.74) is 2.03. The lowest BCUT2D eigenvalue weighted by atomic mass is 10.0. The first-order valence-electron chi connectivity index (χ1n) is 9.39. The number of thioether (sulfide) groups is 1. The number of anilines is 1. The van der Waals surface area contributed by atoms with Gasteiger partial charge in [-0.2, -0.15) is 0 Å². The SMILES string of the molecule is CCn1c(SC(C)(C)C(=O)Nc2ccc(C(C)C)cc2)nnc1-c1ccco1. The van der Waals surface area contributed by atoms with Crippen LogP contribution in [-0.4, -0.2) is 25.4 Å². The Morgan fingerprint density at radius 2 is 1.93 bits per heavy atom. The first-order chi connectivity index (χ1) is 13.3. The van der Waals surface area contributed by atoms with Gasteiger partial charge in [0.15, 0.2) is 16.7 Å².